The van der Waals surface area contributed by atoms with Crippen LogP contribution >= 0.6 is 34.5 Å². The van der Waals surface area contributed by atoms with Gasteiger partial charge in [0.15, 0.2) is 5.13 Å². The topological polar surface area (TPSA) is 69.9 Å². The van der Waals surface area contributed by atoms with Crippen LogP contribution in [0.4, 0.5) is 16.5 Å². The summed E-state index contributed by atoms with van der Waals surface area (Å²) in [5.74, 6) is 0.673. The molecular formula is C18H12Cl2N4OS. The number of rotatable bonds is 3. The lowest BCUT2D eigenvalue weighted by Gasteiger charge is -2.06. The Morgan fingerprint density at radius 1 is 1.12 bits per heavy atom. The van der Waals surface area contributed by atoms with E-state index in [9.17, 15) is 5.11 Å². The zero-order valence-corrected chi connectivity index (χ0v) is 15.8. The second-order valence-corrected chi connectivity index (χ2v) is 7.44. The smallest absolute Gasteiger partial charge is 0.231 e. The van der Waals surface area contributed by atoms with Gasteiger partial charge in [-0.2, -0.15) is 4.98 Å². The number of amidine groups is 1. The molecule has 0 aliphatic carbocycles. The molecule has 4 rings (SSSR count). The van der Waals surface area contributed by atoms with E-state index in [1.165, 1.54) is 11.3 Å². The molecule has 130 valence electrons. The zero-order valence-electron chi connectivity index (χ0n) is 13.5. The third-order valence-electron chi connectivity index (χ3n) is 3.69. The molecule has 0 fully saturated rings. The Labute approximate surface area is 163 Å². The van der Waals surface area contributed by atoms with Crippen LogP contribution in [0.1, 0.15) is 11.8 Å². The maximum atomic E-state index is 10.2. The lowest BCUT2D eigenvalue weighted by molar-refractivity contribution is 0.457. The number of thiazole rings is 1. The van der Waals surface area contributed by atoms with E-state index in [1.54, 1.807) is 18.2 Å². The summed E-state index contributed by atoms with van der Waals surface area (Å²) >= 11 is 13.6. The molecule has 1 aliphatic heterocycles. The van der Waals surface area contributed by atoms with Crippen molar-refractivity contribution in [2.45, 2.75) is 6.92 Å². The third kappa shape index (κ3) is 3.31. The summed E-state index contributed by atoms with van der Waals surface area (Å²) in [5.41, 5.74) is 1.38. The van der Waals surface area contributed by atoms with Gasteiger partial charge in [-0.15, -0.1) is 0 Å². The Balaban J connectivity index is 1.68. The van der Waals surface area contributed by atoms with Gasteiger partial charge in [0.05, 0.1) is 31.7 Å². The van der Waals surface area contributed by atoms with Crippen molar-refractivity contribution in [1.82, 2.24) is 4.98 Å². The summed E-state index contributed by atoms with van der Waals surface area (Å²) in [5, 5.41) is 16.4. The predicted molar refractivity (Wildman–Crippen MR) is 107 cm³/mol. The molecule has 0 spiro atoms. The molecule has 0 bridgehead atoms. The first-order valence-corrected chi connectivity index (χ1v) is 9.23. The zero-order chi connectivity index (χ0) is 18.3. The van der Waals surface area contributed by atoms with Gasteiger partial charge in [0.25, 0.3) is 0 Å². The van der Waals surface area contributed by atoms with E-state index in [1.807, 2.05) is 31.2 Å². The average Bonchev–Trinajstić information content (AvgIpc) is 3.12. The van der Waals surface area contributed by atoms with Crippen molar-refractivity contribution in [3.8, 4) is 5.88 Å². The summed E-state index contributed by atoms with van der Waals surface area (Å²) in [6.07, 6.45) is 1.84. The number of nitrogens with one attached hydrogen (secondary N) is 1. The Bertz CT molecular complexity index is 1150. The molecular weight excluding hydrogens is 391 g/mol. The van der Waals surface area contributed by atoms with Gasteiger partial charge in [-0.05, 0) is 42.5 Å². The van der Waals surface area contributed by atoms with Crippen molar-refractivity contribution in [3.05, 3.63) is 61.9 Å². The predicted octanol–water partition coefficient (Wildman–Crippen LogP) is 4.41. The summed E-state index contributed by atoms with van der Waals surface area (Å²) in [7, 11) is 0. The minimum Gasteiger partial charge on any atom is -0.492 e. The number of aromatic hydroxyl groups is 1. The number of anilines is 2. The molecule has 0 saturated heterocycles. The van der Waals surface area contributed by atoms with Gasteiger partial charge in [-0.1, -0.05) is 46.7 Å². The number of aromatic nitrogens is 1. The fraction of sp³-hybridized carbons (Fsp3) is 0.0556. The second-order valence-electron chi connectivity index (χ2n) is 5.59. The lowest BCUT2D eigenvalue weighted by Crippen LogP contribution is -2.06. The molecule has 0 saturated carbocycles. The Morgan fingerprint density at radius 3 is 2.65 bits per heavy atom. The van der Waals surface area contributed by atoms with E-state index >= 15 is 0 Å². The number of hydrogen-bond donors (Lipinski definition) is 2. The number of hydrogen-bond acceptors (Lipinski definition) is 6. The summed E-state index contributed by atoms with van der Waals surface area (Å²) in [6, 6.07) is 11.0. The van der Waals surface area contributed by atoms with E-state index in [4.69, 9.17) is 23.2 Å². The summed E-state index contributed by atoms with van der Waals surface area (Å²) < 4.78 is 0. The summed E-state index contributed by atoms with van der Waals surface area (Å²) in [4.78, 5) is 13.5. The van der Waals surface area contributed by atoms with Crippen LogP contribution in [-0.2, 0) is 0 Å². The molecule has 0 atom stereocenters. The number of fused-ring (bicyclic) bond motifs is 1. The second kappa shape index (κ2) is 6.72. The van der Waals surface area contributed by atoms with Gasteiger partial charge in [-0.25, -0.2) is 9.98 Å². The first-order valence-electron chi connectivity index (χ1n) is 7.66. The highest BCUT2D eigenvalue weighted by Gasteiger charge is 2.12. The van der Waals surface area contributed by atoms with Crippen molar-refractivity contribution in [2.75, 3.05) is 5.32 Å². The van der Waals surface area contributed by atoms with Gasteiger partial charge >= 0.3 is 0 Å². The van der Waals surface area contributed by atoms with Crippen molar-refractivity contribution in [2.24, 2.45) is 9.98 Å². The Morgan fingerprint density at radius 2 is 1.88 bits per heavy atom. The third-order valence-corrected chi connectivity index (χ3v) is 5.23. The minimum atomic E-state index is -0.0643. The van der Waals surface area contributed by atoms with Crippen molar-refractivity contribution in [1.29, 1.82) is 0 Å². The lowest BCUT2D eigenvalue weighted by atomic mass is 10.2. The van der Waals surface area contributed by atoms with E-state index in [0.717, 1.165) is 22.1 Å². The van der Waals surface area contributed by atoms with Crippen LogP contribution in [0.3, 0.4) is 0 Å². The van der Waals surface area contributed by atoms with Crippen molar-refractivity contribution >= 4 is 63.0 Å². The molecule has 1 aromatic heterocycles. The van der Waals surface area contributed by atoms with Crippen LogP contribution in [0.15, 0.2) is 46.4 Å². The fourth-order valence-corrected chi connectivity index (χ4v) is 3.85. The van der Waals surface area contributed by atoms with Crippen molar-refractivity contribution < 1.29 is 5.11 Å². The van der Waals surface area contributed by atoms with Gasteiger partial charge < -0.3 is 10.4 Å². The van der Waals surface area contributed by atoms with Gasteiger partial charge in [0.2, 0.25) is 5.88 Å². The molecule has 8 heteroatoms. The highest BCUT2D eigenvalue weighted by Crippen LogP contribution is 2.36. The van der Waals surface area contributed by atoms with E-state index in [2.05, 4.69) is 20.3 Å². The minimum absolute atomic E-state index is 0.0643. The quantitative estimate of drug-likeness (QED) is 0.681. The molecule has 5 nitrogen and oxygen atoms in total. The first kappa shape index (κ1) is 17.0. The molecule has 2 heterocycles. The Hall–Kier alpha value is -2.41. The van der Waals surface area contributed by atoms with Crippen LogP contribution in [-0.4, -0.2) is 15.9 Å². The van der Waals surface area contributed by atoms with E-state index in [-0.39, 0.29) is 5.88 Å². The maximum Gasteiger partial charge on any atom is 0.231 e. The Kier molecular flexibility index (Phi) is 4.40. The molecule has 26 heavy (non-hydrogen) atoms. The molecule has 0 radical (unpaired) electrons. The first-order chi connectivity index (χ1) is 12.5. The van der Waals surface area contributed by atoms with Crippen LogP contribution in [0, 0.1) is 0 Å². The van der Waals surface area contributed by atoms with Crippen molar-refractivity contribution in [3.63, 3.8) is 0 Å². The largest absolute Gasteiger partial charge is 0.492 e. The SMILES string of the molecule is CC1=Nc2cc(=Cc3sc(Nc4c(Cl)cccc4Cl)nc3O)ccc2=N1. The van der Waals surface area contributed by atoms with E-state index in [0.29, 0.717) is 25.7 Å². The number of para-hydroxylation sites is 1. The van der Waals surface area contributed by atoms with Gasteiger partial charge in [0, 0.05) is 0 Å². The molecule has 2 N–H and O–H groups in total. The molecule has 3 aromatic rings. The van der Waals surface area contributed by atoms with E-state index < -0.39 is 0 Å². The van der Waals surface area contributed by atoms with Crippen LogP contribution < -0.4 is 15.9 Å². The van der Waals surface area contributed by atoms with Gasteiger partial charge in [-0.3, -0.25) is 0 Å². The molecule has 0 amide bonds. The number of nitrogens with zero attached hydrogens (tertiary/aromatic N) is 3. The highest BCUT2D eigenvalue weighted by molar-refractivity contribution is 7.16. The number of benzene rings is 2. The number of halogens is 2. The monoisotopic (exact) mass is 402 g/mol. The molecule has 0 unspecified atom stereocenters. The van der Waals surface area contributed by atoms with Gasteiger partial charge in [0.1, 0.15) is 5.84 Å². The highest BCUT2D eigenvalue weighted by atomic mass is 35.5. The average molecular weight is 403 g/mol. The summed E-state index contributed by atoms with van der Waals surface area (Å²) in [6.45, 7) is 1.86. The van der Waals surface area contributed by atoms with Crippen LogP contribution in [0.25, 0.3) is 6.08 Å². The van der Waals surface area contributed by atoms with Crippen LogP contribution in [0.2, 0.25) is 10.0 Å². The fourth-order valence-electron chi connectivity index (χ4n) is 2.53. The maximum absolute atomic E-state index is 10.2. The normalized spacial score (nSPS) is 13.3. The number of aliphatic imine (C=N–C) groups is 1. The molecule has 1 aliphatic rings. The standard InChI is InChI=1S/C18H12Cl2N4OS/c1-9-21-13-6-5-10(7-14(13)22-9)8-15-17(25)24-18(26-15)23-16-11(19)3-2-4-12(16)20/h2-8,25H,1H3,(H,23,24). The van der Waals surface area contributed by atoms with Crippen LogP contribution in [0.5, 0.6) is 5.88 Å². The molecule has 2 aromatic carbocycles.